The fourth-order valence-corrected chi connectivity index (χ4v) is 2.04. The fraction of sp³-hybridized carbons (Fsp3) is 0.429. The fourth-order valence-electron chi connectivity index (χ4n) is 1.92. The van der Waals surface area contributed by atoms with Gasteiger partial charge in [0.15, 0.2) is 0 Å². The van der Waals surface area contributed by atoms with Crippen LogP contribution in [-0.2, 0) is 4.79 Å². The Labute approximate surface area is 124 Å². The molecule has 0 spiro atoms. The Kier molecular flexibility index (Phi) is 6.57. The number of nitrogens with two attached hydrogens (primary N) is 1. The highest BCUT2D eigenvalue weighted by molar-refractivity contribution is 7.80. The second-order valence-electron chi connectivity index (χ2n) is 4.46. The van der Waals surface area contributed by atoms with E-state index in [-0.39, 0.29) is 18.6 Å². The van der Waals surface area contributed by atoms with Gasteiger partial charge in [-0.3, -0.25) is 9.69 Å². The van der Waals surface area contributed by atoms with Gasteiger partial charge in [0, 0.05) is 17.8 Å². The van der Waals surface area contributed by atoms with Crippen LogP contribution in [0.15, 0.2) is 24.3 Å². The molecule has 0 aliphatic heterocycles. The van der Waals surface area contributed by atoms with E-state index in [0.29, 0.717) is 29.3 Å². The van der Waals surface area contributed by atoms with Crippen LogP contribution in [0.4, 0.5) is 5.69 Å². The van der Waals surface area contributed by atoms with Crippen LogP contribution in [0.5, 0.6) is 0 Å². The highest BCUT2D eigenvalue weighted by Gasteiger charge is 2.19. The summed E-state index contributed by atoms with van der Waals surface area (Å²) in [5, 5.41) is 11.8. The number of amides is 1. The molecule has 0 saturated heterocycles. The average Bonchev–Trinajstić information content (AvgIpc) is 2.44. The number of rotatable bonds is 7. The minimum Gasteiger partial charge on any atom is -0.395 e. The number of hydrogen-bond donors (Lipinski definition) is 3. The molecule has 6 heteroatoms. The summed E-state index contributed by atoms with van der Waals surface area (Å²) in [5.74, 6) is -0.125. The van der Waals surface area contributed by atoms with Crippen molar-refractivity contribution in [3.05, 3.63) is 29.8 Å². The van der Waals surface area contributed by atoms with E-state index in [1.807, 2.05) is 18.7 Å². The third-order valence-electron chi connectivity index (χ3n) is 3.14. The number of thiocarbonyl (C=S) groups is 1. The number of likely N-dealkylation sites (N-methyl/N-ethyl adjacent to an activating group) is 1. The molecule has 1 amide bonds. The molecule has 1 aromatic carbocycles. The molecule has 0 radical (unpaired) electrons. The summed E-state index contributed by atoms with van der Waals surface area (Å²) < 4.78 is 0. The molecule has 1 atom stereocenters. The summed E-state index contributed by atoms with van der Waals surface area (Å²) in [7, 11) is 0. The van der Waals surface area contributed by atoms with Crippen LogP contribution in [0.1, 0.15) is 19.4 Å². The zero-order chi connectivity index (χ0) is 15.1. The number of anilines is 1. The minimum absolute atomic E-state index is 0.0301. The Balaban J connectivity index is 2.74. The molecule has 5 nitrogen and oxygen atoms in total. The first-order chi connectivity index (χ1) is 9.49. The first-order valence-corrected chi connectivity index (χ1v) is 6.96. The molecule has 1 unspecified atom stereocenters. The smallest absolute Gasteiger partial charge is 0.241 e. The first-order valence-electron chi connectivity index (χ1n) is 6.55. The van der Waals surface area contributed by atoms with Gasteiger partial charge in [0.05, 0.1) is 12.6 Å². The van der Waals surface area contributed by atoms with Gasteiger partial charge in [-0.05, 0) is 25.6 Å². The molecule has 0 aromatic heterocycles. The van der Waals surface area contributed by atoms with Gasteiger partial charge in [-0.1, -0.05) is 31.3 Å². The van der Waals surface area contributed by atoms with Gasteiger partial charge in [0.2, 0.25) is 5.91 Å². The van der Waals surface area contributed by atoms with Crippen LogP contribution >= 0.6 is 12.2 Å². The van der Waals surface area contributed by atoms with Gasteiger partial charge in [-0.15, -0.1) is 0 Å². The number of nitrogens with zero attached hydrogens (tertiary/aromatic N) is 1. The van der Waals surface area contributed by atoms with Gasteiger partial charge in [0.25, 0.3) is 0 Å². The summed E-state index contributed by atoms with van der Waals surface area (Å²) in [6.45, 7) is 4.96. The van der Waals surface area contributed by atoms with E-state index in [4.69, 9.17) is 23.1 Å². The van der Waals surface area contributed by atoms with E-state index in [1.54, 1.807) is 24.3 Å². The lowest BCUT2D eigenvalue weighted by Gasteiger charge is -2.26. The monoisotopic (exact) mass is 295 g/mol. The minimum atomic E-state index is -0.319. The van der Waals surface area contributed by atoms with Crippen molar-refractivity contribution < 1.29 is 9.90 Å². The van der Waals surface area contributed by atoms with Crippen molar-refractivity contribution in [3.63, 3.8) is 0 Å². The molecule has 110 valence electrons. The molecular weight excluding hydrogens is 274 g/mol. The maximum absolute atomic E-state index is 12.2. The van der Waals surface area contributed by atoms with Crippen LogP contribution in [0.3, 0.4) is 0 Å². The standard InChI is InChI=1S/C14H21N3O2S/c1-3-17(7-8-18)10(2)14(19)16-12-6-4-5-11(9-12)13(15)20/h4-6,9-10,18H,3,7-8H2,1-2H3,(H2,15,20)(H,16,19). The third kappa shape index (κ3) is 4.56. The van der Waals surface area contributed by atoms with Crippen molar-refractivity contribution in [1.82, 2.24) is 4.90 Å². The van der Waals surface area contributed by atoms with Crippen molar-refractivity contribution in [2.75, 3.05) is 25.0 Å². The number of benzene rings is 1. The largest absolute Gasteiger partial charge is 0.395 e. The second kappa shape index (κ2) is 7.94. The maximum atomic E-state index is 12.2. The molecule has 0 aliphatic carbocycles. The normalized spacial score (nSPS) is 12.2. The van der Waals surface area contributed by atoms with Crippen LogP contribution in [0.25, 0.3) is 0 Å². The molecule has 0 heterocycles. The van der Waals surface area contributed by atoms with E-state index in [1.165, 1.54) is 0 Å². The number of aliphatic hydroxyl groups is 1. The van der Waals surface area contributed by atoms with E-state index < -0.39 is 0 Å². The van der Waals surface area contributed by atoms with E-state index in [2.05, 4.69) is 5.32 Å². The SMILES string of the molecule is CCN(CCO)C(C)C(=O)Nc1cccc(C(N)=S)c1. The lowest BCUT2D eigenvalue weighted by molar-refractivity contribution is -0.120. The molecule has 0 aliphatic rings. The Hall–Kier alpha value is -1.50. The molecule has 0 fully saturated rings. The zero-order valence-corrected chi connectivity index (χ0v) is 12.6. The Morgan fingerprint density at radius 3 is 2.80 bits per heavy atom. The van der Waals surface area contributed by atoms with Gasteiger partial charge in [0.1, 0.15) is 4.99 Å². The van der Waals surface area contributed by atoms with Crippen molar-refractivity contribution in [2.24, 2.45) is 5.73 Å². The summed E-state index contributed by atoms with van der Waals surface area (Å²) in [6.07, 6.45) is 0. The van der Waals surface area contributed by atoms with Gasteiger partial charge < -0.3 is 16.2 Å². The lowest BCUT2D eigenvalue weighted by Crippen LogP contribution is -2.43. The topological polar surface area (TPSA) is 78.6 Å². The van der Waals surface area contributed by atoms with Crippen molar-refractivity contribution >= 4 is 28.8 Å². The van der Waals surface area contributed by atoms with Gasteiger partial charge in [-0.25, -0.2) is 0 Å². The predicted molar refractivity (Wildman–Crippen MR) is 84.8 cm³/mol. The molecule has 0 bridgehead atoms. The number of aliphatic hydroxyl groups excluding tert-OH is 1. The molecule has 4 N–H and O–H groups in total. The van der Waals surface area contributed by atoms with E-state index >= 15 is 0 Å². The number of carbonyl (C=O) groups excluding carboxylic acids is 1. The Bertz CT molecular complexity index is 479. The number of nitrogens with one attached hydrogen (secondary N) is 1. The molecule has 20 heavy (non-hydrogen) atoms. The third-order valence-corrected chi connectivity index (χ3v) is 3.37. The summed E-state index contributed by atoms with van der Waals surface area (Å²) in [4.78, 5) is 14.4. The Morgan fingerprint density at radius 2 is 2.25 bits per heavy atom. The summed E-state index contributed by atoms with van der Waals surface area (Å²) in [5.41, 5.74) is 6.94. The highest BCUT2D eigenvalue weighted by atomic mass is 32.1. The number of hydrogen-bond acceptors (Lipinski definition) is 4. The lowest BCUT2D eigenvalue weighted by atomic mass is 10.2. The summed E-state index contributed by atoms with van der Waals surface area (Å²) >= 11 is 4.91. The quantitative estimate of drug-likeness (QED) is 0.653. The highest BCUT2D eigenvalue weighted by Crippen LogP contribution is 2.12. The van der Waals surface area contributed by atoms with Crippen molar-refractivity contribution in [1.29, 1.82) is 0 Å². The summed E-state index contributed by atoms with van der Waals surface area (Å²) in [6, 6.07) is 6.80. The molecule has 0 saturated carbocycles. The van der Waals surface area contributed by atoms with Crippen LogP contribution in [0.2, 0.25) is 0 Å². The predicted octanol–water partition coefficient (Wildman–Crippen LogP) is 0.962. The first kappa shape index (κ1) is 16.6. The van der Waals surface area contributed by atoms with Crippen LogP contribution in [-0.4, -0.2) is 46.6 Å². The van der Waals surface area contributed by atoms with Crippen molar-refractivity contribution in [2.45, 2.75) is 19.9 Å². The molecular formula is C14H21N3O2S. The van der Waals surface area contributed by atoms with Gasteiger partial charge in [-0.2, -0.15) is 0 Å². The van der Waals surface area contributed by atoms with Crippen LogP contribution < -0.4 is 11.1 Å². The Morgan fingerprint density at radius 1 is 1.55 bits per heavy atom. The average molecular weight is 295 g/mol. The maximum Gasteiger partial charge on any atom is 0.241 e. The zero-order valence-electron chi connectivity index (χ0n) is 11.8. The number of carbonyl (C=O) groups is 1. The second-order valence-corrected chi connectivity index (χ2v) is 4.90. The van der Waals surface area contributed by atoms with Crippen LogP contribution in [0, 0.1) is 0 Å². The molecule has 1 rings (SSSR count). The van der Waals surface area contributed by atoms with E-state index in [0.717, 1.165) is 0 Å². The van der Waals surface area contributed by atoms with Gasteiger partial charge >= 0.3 is 0 Å². The molecule has 1 aromatic rings. The van der Waals surface area contributed by atoms with Crippen molar-refractivity contribution in [3.8, 4) is 0 Å². The van der Waals surface area contributed by atoms with E-state index in [9.17, 15) is 4.79 Å².